The normalized spacial score (nSPS) is 34.4. The molecule has 1 aliphatic rings. The van der Waals surface area contributed by atoms with Crippen molar-refractivity contribution in [3.63, 3.8) is 0 Å². The Hall–Kier alpha value is -0.0800. The molecular weight excluding hydrogens is 186 g/mol. The summed E-state index contributed by atoms with van der Waals surface area (Å²) < 4.78 is 0. The molecule has 1 aliphatic carbocycles. The fourth-order valence-electron chi connectivity index (χ4n) is 2.50. The zero-order chi connectivity index (χ0) is 11.4. The van der Waals surface area contributed by atoms with Gasteiger partial charge in [-0.1, -0.05) is 34.1 Å². The van der Waals surface area contributed by atoms with Crippen molar-refractivity contribution in [2.24, 2.45) is 17.8 Å². The molecule has 1 rings (SSSR count). The van der Waals surface area contributed by atoms with Crippen molar-refractivity contribution in [1.29, 1.82) is 0 Å². The largest absolute Gasteiger partial charge is 0.395 e. The molecule has 1 saturated carbocycles. The second-order valence-electron chi connectivity index (χ2n) is 5.70. The van der Waals surface area contributed by atoms with Crippen LogP contribution < -0.4 is 5.32 Å². The summed E-state index contributed by atoms with van der Waals surface area (Å²) in [7, 11) is 0. The third kappa shape index (κ3) is 3.76. The Morgan fingerprint density at radius 3 is 2.47 bits per heavy atom. The smallest absolute Gasteiger partial charge is 0.0587 e. The summed E-state index contributed by atoms with van der Waals surface area (Å²) >= 11 is 0. The van der Waals surface area contributed by atoms with E-state index in [-0.39, 0.29) is 12.6 Å². The summed E-state index contributed by atoms with van der Waals surface area (Å²) in [6.07, 6.45) is 3.96. The summed E-state index contributed by atoms with van der Waals surface area (Å²) in [5.41, 5.74) is 0. The zero-order valence-corrected chi connectivity index (χ0v) is 10.7. The minimum Gasteiger partial charge on any atom is -0.395 e. The summed E-state index contributed by atoms with van der Waals surface area (Å²) in [6, 6.07) is 0.871. The molecule has 0 aromatic rings. The standard InChI is InChI=1S/C13H27NO/c1-9(2)13(8-15)14-12-7-10(3)5-6-11(12)4/h9-15H,5-8H2,1-4H3/t10?,11?,12?,13-/m1/s1. The Balaban J connectivity index is 2.47. The summed E-state index contributed by atoms with van der Waals surface area (Å²) in [5, 5.41) is 13.0. The lowest BCUT2D eigenvalue weighted by Crippen LogP contribution is -2.48. The minimum absolute atomic E-state index is 0.259. The van der Waals surface area contributed by atoms with Crippen molar-refractivity contribution < 1.29 is 5.11 Å². The average molecular weight is 213 g/mol. The predicted molar refractivity (Wildman–Crippen MR) is 64.8 cm³/mol. The van der Waals surface area contributed by atoms with Gasteiger partial charge >= 0.3 is 0 Å². The molecular formula is C13H27NO. The number of nitrogens with one attached hydrogen (secondary N) is 1. The summed E-state index contributed by atoms with van der Waals surface area (Å²) in [6.45, 7) is 9.27. The van der Waals surface area contributed by atoms with Crippen LogP contribution in [0, 0.1) is 17.8 Å². The van der Waals surface area contributed by atoms with Crippen LogP contribution in [0.3, 0.4) is 0 Å². The quantitative estimate of drug-likeness (QED) is 0.751. The Kier molecular flexibility index (Phi) is 5.07. The van der Waals surface area contributed by atoms with E-state index in [1.807, 2.05) is 0 Å². The van der Waals surface area contributed by atoms with Gasteiger partial charge in [0.2, 0.25) is 0 Å². The molecule has 2 nitrogen and oxygen atoms in total. The van der Waals surface area contributed by atoms with Crippen LogP contribution >= 0.6 is 0 Å². The molecule has 0 heterocycles. The van der Waals surface area contributed by atoms with Crippen LogP contribution in [0.4, 0.5) is 0 Å². The molecule has 0 spiro atoms. The Labute approximate surface area is 94.5 Å². The maximum Gasteiger partial charge on any atom is 0.0587 e. The van der Waals surface area contributed by atoms with Gasteiger partial charge in [0.15, 0.2) is 0 Å². The molecule has 0 aromatic carbocycles. The van der Waals surface area contributed by atoms with Crippen molar-refractivity contribution in [2.45, 2.75) is 59.0 Å². The average Bonchev–Trinajstić information content (AvgIpc) is 2.18. The van der Waals surface area contributed by atoms with Gasteiger partial charge in [0.1, 0.15) is 0 Å². The van der Waals surface area contributed by atoms with Crippen molar-refractivity contribution in [3.8, 4) is 0 Å². The number of hydrogen-bond donors (Lipinski definition) is 2. The van der Waals surface area contributed by atoms with Gasteiger partial charge in [-0.15, -0.1) is 0 Å². The Morgan fingerprint density at radius 2 is 1.93 bits per heavy atom. The number of aliphatic hydroxyl groups is 1. The van der Waals surface area contributed by atoms with Gasteiger partial charge in [0.25, 0.3) is 0 Å². The molecule has 90 valence electrons. The van der Waals surface area contributed by atoms with Gasteiger partial charge in [0, 0.05) is 12.1 Å². The van der Waals surface area contributed by atoms with Gasteiger partial charge in [-0.05, 0) is 30.6 Å². The first-order valence-corrected chi connectivity index (χ1v) is 6.41. The fraction of sp³-hybridized carbons (Fsp3) is 1.00. The first-order valence-electron chi connectivity index (χ1n) is 6.41. The van der Waals surface area contributed by atoms with E-state index in [0.29, 0.717) is 12.0 Å². The van der Waals surface area contributed by atoms with E-state index in [2.05, 4.69) is 33.0 Å². The molecule has 0 saturated heterocycles. The van der Waals surface area contributed by atoms with Gasteiger partial charge < -0.3 is 10.4 Å². The van der Waals surface area contributed by atoms with Crippen molar-refractivity contribution in [2.75, 3.05) is 6.61 Å². The highest BCUT2D eigenvalue weighted by atomic mass is 16.3. The van der Waals surface area contributed by atoms with Gasteiger partial charge in [-0.3, -0.25) is 0 Å². The highest BCUT2D eigenvalue weighted by Gasteiger charge is 2.27. The van der Waals surface area contributed by atoms with E-state index in [1.54, 1.807) is 0 Å². The maximum absolute atomic E-state index is 9.32. The van der Waals surface area contributed by atoms with Crippen LogP contribution in [-0.4, -0.2) is 23.8 Å². The van der Waals surface area contributed by atoms with Crippen LogP contribution in [0.1, 0.15) is 47.0 Å². The molecule has 4 atom stereocenters. The molecule has 2 N–H and O–H groups in total. The first-order chi connectivity index (χ1) is 7.04. The maximum atomic E-state index is 9.32. The Morgan fingerprint density at radius 1 is 1.27 bits per heavy atom. The zero-order valence-electron chi connectivity index (χ0n) is 10.7. The molecule has 0 aromatic heterocycles. The minimum atomic E-state index is 0.259. The third-order valence-corrected chi connectivity index (χ3v) is 3.89. The van der Waals surface area contributed by atoms with E-state index in [9.17, 15) is 5.11 Å². The molecule has 2 heteroatoms. The lowest BCUT2D eigenvalue weighted by molar-refractivity contribution is 0.154. The highest BCUT2D eigenvalue weighted by molar-refractivity contribution is 4.84. The van der Waals surface area contributed by atoms with Crippen LogP contribution in [-0.2, 0) is 0 Å². The number of aliphatic hydroxyl groups excluding tert-OH is 1. The fourth-order valence-corrected chi connectivity index (χ4v) is 2.50. The van der Waals surface area contributed by atoms with Gasteiger partial charge in [0.05, 0.1) is 6.61 Å². The van der Waals surface area contributed by atoms with Crippen LogP contribution in [0.5, 0.6) is 0 Å². The molecule has 0 bridgehead atoms. The van der Waals surface area contributed by atoms with Crippen molar-refractivity contribution >= 4 is 0 Å². The Bertz CT molecular complexity index is 181. The molecule has 3 unspecified atom stereocenters. The summed E-state index contributed by atoms with van der Waals surface area (Å²) in [4.78, 5) is 0. The van der Waals surface area contributed by atoms with Crippen LogP contribution in [0.25, 0.3) is 0 Å². The lowest BCUT2D eigenvalue weighted by Gasteiger charge is -2.36. The van der Waals surface area contributed by atoms with E-state index < -0.39 is 0 Å². The van der Waals surface area contributed by atoms with E-state index in [4.69, 9.17) is 0 Å². The first kappa shape index (κ1) is 13.0. The van der Waals surface area contributed by atoms with Gasteiger partial charge in [-0.25, -0.2) is 0 Å². The second-order valence-corrected chi connectivity index (χ2v) is 5.70. The van der Waals surface area contributed by atoms with Gasteiger partial charge in [-0.2, -0.15) is 0 Å². The predicted octanol–water partition coefficient (Wildman–Crippen LogP) is 2.42. The molecule has 0 radical (unpaired) electrons. The topological polar surface area (TPSA) is 32.3 Å². The molecule has 1 fully saturated rings. The number of rotatable bonds is 4. The monoisotopic (exact) mass is 213 g/mol. The van der Waals surface area contributed by atoms with E-state index >= 15 is 0 Å². The SMILES string of the molecule is CC1CCC(C)C(N[C@H](CO)C(C)C)C1. The highest BCUT2D eigenvalue weighted by Crippen LogP contribution is 2.29. The van der Waals surface area contributed by atoms with Crippen molar-refractivity contribution in [3.05, 3.63) is 0 Å². The van der Waals surface area contributed by atoms with Crippen molar-refractivity contribution in [1.82, 2.24) is 5.32 Å². The molecule has 0 aliphatic heterocycles. The molecule has 0 amide bonds. The number of hydrogen-bond acceptors (Lipinski definition) is 2. The lowest BCUT2D eigenvalue weighted by atomic mass is 9.79. The molecule has 15 heavy (non-hydrogen) atoms. The van der Waals surface area contributed by atoms with Crippen LogP contribution in [0.2, 0.25) is 0 Å². The van der Waals surface area contributed by atoms with Crippen LogP contribution in [0.15, 0.2) is 0 Å². The second kappa shape index (κ2) is 5.86. The third-order valence-electron chi connectivity index (χ3n) is 3.89. The van der Waals surface area contributed by atoms with E-state index in [1.165, 1.54) is 19.3 Å². The van der Waals surface area contributed by atoms with E-state index in [0.717, 1.165) is 11.8 Å². The summed E-state index contributed by atoms with van der Waals surface area (Å²) in [5.74, 6) is 2.11.